The molecule has 0 aliphatic carbocycles. The zero-order valence-electron chi connectivity index (χ0n) is 9.30. The summed E-state index contributed by atoms with van der Waals surface area (Å²) in [5.41, 5.74) is 1.04. The van der Waals surface area contributed by atoms with Gasteiger partial charge in [-0.1, -0.05) is 15.9 Å². The van der Waals surface area contributed by atoms with Crippen molar-refractivity contribution in [2.75, 3.05) is 24.7 Å². The summed E-state index contributed by atoms with van der Waals surface area (Å²) in [6.07, 6.45) is 0.107. The van der Waals surface area contributed by atoms with Gasteiger partial charge in [0.2, 0.25) is 0 Å². The highest BCUT2D eigenvalue weighted by Crippen LogP contribution is 2.23. The Morgan fingerprint density at radius 1 is 1.47 bits per heavy atom. The van der Waals surface area contributed by atoms with Gasteiger partial charge in [-0.3, -0.25) is 4.79 Å². The second-order valence-corrected chi connectivity index (χ2v) is 4.91. The standard InChI is InChI=1S/C12H14BrNO3/c13-9-1-3-10(4-2-9)14-5-6-17-8-11(14)7-12(15)16/h1-4,11H,5-8H2,(H,15,16). The Bertz CT molecular complexity index is 393. The third-order valence-electron chi connectivity index (χ3n) is 2.80. The van der Waals surface area contributed by atoms with Crippen molar-refractivity contribution in [3.05, 3.63) is 28.7 Å². The fourth-order valence-corrected chi connectivity index (χ4v) is 2.26. The maximum absolute atomic E-state index is 10.8. The number of hydrogen-bond acceptors (Lipinski definition) is 3. The van der Waals surface area contributed by atoms with Crippen LogP contribution in [-0.2, 0) is 9.53 Å². The minimum absolute atomic E-state index is 0.0811. The molecule has 0 radical (unpaired) electrons. The first kappa shape index (κ1) is 12.4. The van der Waals surface area contributed by atoms with Crippen LogP contribution in [0.1, 0.15) is 6.42 Å². The van der Waals surface area contributed by atoms with E-state index in [2.05, 4.69) is 20.8 Å². The second-order valence-electron chi connectivity index (χ2n) is 4.00. The van der Waals surface area contributed by atoms with Crippen molar-refractivity contribution in [2.45, 2.75) is 12.5 Å². The SMILES string of the molecule is O=C(O)CC1COCCN1c1ccc(Br)cc1. The van der Waals surface area contributed by atoms with Crippen molar-refractivity contribution < 1.29 is 14.6 Å². The highest BCUT2D eigenvalue weighted by molar-refractivity contribution is 9.10. The van der Waals surface area contributed by atoms with Crippen LogP contribution in [0.2, 0.25) is 0 Å². The highest BCUT2D eigenvalue weighted by atomic mass is 79.9. The quantitative estimate of drug-likeness (QED) is 0.929. The van der Waals surface area contributed by atoms with E-state index < -0.39 is 5.97 Å². The summed E-state index contributed by atoms with van der Waals surface area (Å²) in [5.74, 6) is -0.789. The smallest absolute Gasteiger partial charge is 0.305 e. The van der Waals surface area contributed by atoms with Gasteiger partial charge in [0.05, 0.1) is 25.7 Å². The lowest BCUT2D eigenvalue weighted by Crippen LogP contribution is -2.46. The van der Waals surface area contributed by atoms with Crippen LogP contribution in [0.15, 0.2) is 28.7 Å². The predicted molar refractivity (Wildman–Crippen MR) is 68.3 cm³/mol. The van der Waals surface area contributed by atoms with Crippen LogP contribution in [-0.4, -0.2) is 36.9 Å². The topological polar surface area (TPSA) is 49.8 Å². The lowest BCUT2D eigenvalue weighted by atomic mass is 10.1. The van der Waals surface area contributed by atoms with Crippen molar-refractivity contribution >= 4 is 27.6 Å². The van der Waals surface area contributed by atoms with Gasteiger partial charge in [-0.25, -0.2) is 0 Å². The number of hydrogen-bond donors (Lipinski definition) is 1. The Kier molecular flexibility index (Phi) is 4.02. The lowest BCUT2D eigenvalue weighted by molar-refractivity contribution is -0.138. The van der Waals surface area contributed by atoms with Crippen molar-refractivity contribution in [1.82, 2.24) is 0 Å². The monoisotopic (exact) mass is 299 g/mol. The minimum Gasteiger partial charge on any atom is -0.481 e. The van der Waals surface area contributed by atoms with E-state index in [0.29, 0.717) is 13.2 Å². The van der Waals surface area contributed by atoms with Crippen molar-refractivity contribution in [3.8, 4) is 0 Å². The molecule has 1 saturated heterocycles. The summed E-state index contributed by atoms with van der Waals surface area (Å²) in [6, 6.07) is 7.82. The number of carboxylic acid groups (broad SMARTS) is 1. The molecule has 1 aliphatic heterocycles. The van der Waals surface area contributed by atoms with Crippen LogP contribution >= 0.6 is 15.9 Å². The van der Waals surface area contributed by atoms with Gasteiger partial charge in [-0.15, -0.1) is 0 Å². The molecule has 4 nitrogen and oxygen atoms in total. The van der Waals surface area contributed by atoms with E-state index in [1.807, 2.05) is 24.3 Å². The number of benzene rings is 1. The van der Waals surface area contributed by atoms with Gasteiger partial charge < -0.3 is 14.7 Å². The fourth-order valence-electron chi connectivity index (χ4n) is 2.00. The maximum Gasteiger partial charge on any atom is 0.305 e. The van der Waals surface area contributed by atoms with Gasteiger partial charge in [0, 0.05) is 16.7 Å². The van der Waals surface area contributed by atoms with Crippen LogP contribution in [0, 0.1) is 0 Å². The molecule has 17 heavy (non-hydrogen) atoms. The molecule has 1 fully saturated rings. The Balaban J connectivity index is 2.15. The molecule has 1 aromatic rings. The summed E-state index contributed by atoms with van der Waals surface area (Å²) < 4.78 is 6.36. The van der Waals surface area contributed by atoms with Crippen molar-refractivity contribution in [3.63, 3.8) is 0 Å². The van der Waals surface area contributed by atoms with Crippen molar-refractivity contribution in [1.29, 1.82) is 0 Å². The molecule has 1 aliphatic rings. The number of aliphatic carboxylic acids is 1. The summed E-state index contributed by atoms with van der Waals surface area (Å²) >= 11 is 3.39. The number of rotatable bonds is 3. The molecular weight excluding hydrogens is 286 g/mol. The van der Waals surface area contributed by atoms with E-state index in [9.17, 15) is 4.79 Å². The molecule has 2 rings (SSSR count). The molecular formula is C12H14BrNO3. The molecule has 0 amide bonds. The average molecular weight is 300 g/mol. The lowest BCUT2D eigenvalue weighted by Gasteiger charge is -2.36. The molecule has 0 aromatic heterocycles. The third-order valence-corrected chi connectivity index (χ3v) is 3.32. The first-order chi connectivity index (χ1) is 8.16. The molecule has 1 N–H and O–H groups in total. The van der Waals surface area contributed by atoms with Gasteiger partial charge in [-0.2, -0.15) is 0 Å². The van der Waals surface area contributed by atoms with E-state index in [4.69, 9.17) is 9.84 Å². The summed E-state index contributed by atoms with van der Waals surface area (Å²) in [4.78, 5) is 12.9. The first-order valence-corrected chi connectivity index (χ1v) is 6.28. The van der Waals surface area contributed by atoms with Crippen molar-refractivity contribution in [2.24, 2.45) is 0 Å². The van der Waals surface area contributed by atoms with E-state index in [0.717, 1.165) is 16.7 Å². The molecule has 92 valence electrons. The van der Waals surface area contributed by atoms with Gasteiger partial charge in [0.25, 0.3) is 0 Å². The number of anilines is 1. The largest absolute Gasteiger partial charge is 0.481 e. The van der Waals surface area contributed by atoms with E-state index in [1.165, 1.54) is 0 Å². The predicted octanol–water partition coefficient (Wildman–Crippen LogP) is 2.13. The molecule has 1 unspecified atom stereocenters. The Labute approximate surface area is 108 Å². The van der Waals surface area contributed by atoms with Gasteiger partial charge in [0.1, 0.15) is 0 Å². The number of halogens is 1. The number of carboxylic acids is 1. The fraction of sp³-hybridized carbons (Fsp3) is 0.417. The van der Waals surface area contributed by atoms with Crippen LogP contribution in [0.4, 0.5) is 5.69 Å². The maximum atomic E-state index is 10.8. The summed E-state index contributed by atoms with van der Waals surface area (Å²) in [7, 11) is 0. The van der Waals surface area contributed by atoms with Crippen LogP contribution in [0.25, 0.3) is 0 Å². The summed E-state index contributed by atoms with van der Waals surface area (Å²) in [5, 5.41) is 8.88. The normalized spacial score (nSPS) is 20.3. The molecule has 5 heteroatoms. The number of ether oxygens (including phenoxy) is 1. The Hall–Kier alpha value is -1.07. The van der Waals surface area contributed by atoms with Gasteiger partial charge in [0.15, 0.2) is 0 Å². The first-order valence-electron chi connectivity index (χ1n) is 5.48. The molecule has 0 spiro atoms. The molecule has 1 aromatic carbocycles. The van der Waals surface area contributed by atoms with Crippen LogP contribution in [0.3, 0.4) is 0 Å². The van der Waals surface area contributed by atoms with Gasteiger partial charge >= 0.3 is 5.97 Å². The third kappa shape index (κ3) is 3.20. The van der Waals surface area contributed by atoms with E-state index in [-0.39, 0.29) is 12.5 Å². The Morgan fingerprint density at radius 2 is 2.18 bits per heavy atom. The molecule has 1 heterocycles. The average Bonchev–Trinajstić information content (AvgIpc) is 2.30. The van der Waals surface area contributed by atoms with Crippen LogP contribution in [0.5, 0.6) is 0 Å². The number of carbonyl (C=O) groups is 1. The zero-order chi connectivity index (χ0) is 12.3. The minimum atomic E-state index is -0.789. The van der Waals surface area contributed by atoms with E-state index >= 15 is 0 Å². The molecule has 1 atom stereocenters. The molecule has 0 saturated carbocycles. The Morgan fingerprint density at radius 3 is 2.82 bits per heavy atom. The van der Waals surface area contributed by atoms with Gasteiger partial charge in [-0.05, 0) is 24.3 Å². The number of morpholine rings is 1. The molecule has 0 bridgehead atoms. The zero-order valence-corrected chi connectivity index (χ0v) is 10.9. The summed E-state index contributed by atoms with van der Waals surface area (Å²) in [6.45, 7) is 1.86. The second kappa shape index (κ2) is 5.51. The number of nitrogens with zero attached hydrogens (tertiary/aromatic N) is 1. The van der Waals surface area contributed by atoms with E-state index in [1.54, 1.807) is 0 Å². The van der Waals surface area contributed by atoms with Crippen LogP contribution < -0.4 is 4.90 Å². The highest BCUT2D eigenvalue weighted by Gasteiger charge is 2.25.